The smallest absolute Gasteiger partial charge is 0.312 e. The van der Waals surface area contributed by atoms with E-state index in [9.17, 15) is 34.8 Å². The summed E-state index contributed by atoms with van der Waals surface area (Å²) in [6.45, 7) is 13.1. The first-order chi connectivity index (χ1) is 26.4. The minimum atomic E-state index is -1.95. The molecule has 56 heavy (non-hydrogen) atoms. The van der Waals surface area contributed by atoms with Crippen LogP contribution in [0.4, 0.5) is 5.69 Å². The fourth-order valence-electron chi connectivity index (χ4n) is 7.82. The van der Waals surface area contributed by atoms with Crippen LogP contribution in [0.5, 0.6) is 17.2 Å². The molecular formula is C42H49N3O11. The topological polar surface area (TPSA) is 198 Å². The molecule has 4 bridgehead atoms. The van der Waals surface area contributed by atoms with Crippen LogP contribution in [0.25, 0.3) is 27.5 Å². The number of benzene rings is 2. The second-order valence-corrected chi connectivity index (χ2v) is 15.2. The zero-order chi connectivity index (χ0) is 41.0. The zero-order valence-electron chi connectivity index (χ0n) is 32.9. The highest BCUT2D eigenvalue weighted by Crippen LogP contribution is 2.52. The number of methoxy groups -OCH3 is 1. The monoisotopic (exact) mass is 771 g/mol. The number of anilines is 1. The normalized spacial score (nSPS) is 31.2. The number of ether oxygens (including phenoxy) is 4. The molecule has 0 saturated carbocycles. The number of fused-ring (bicyclic) bond motifs is 2. The van der Waals surface area contributed by atoms with Crippen molar-refractivity contribution in [1.82, 2.24) is 9.38 Å². The molecule has 4 heterocycles. The second-order valence-electron chi connectivity index (χ2n) is 15.2. The number of esters is 1. The van der Waals surface area contributed by atoms with E-state index in [1.54, 1.807) is 69.5 Å². The Morgan fingerprint density at radius 1 is 1.00 bits per heavy atom. The van der Waals surface area contributed by atoms with Crippen molar-refractivity contribution >= 4 is 50.8 Å². The lowest BCUT2D eigenvalue weighted by Gasteiger charge is -2.38. The van der Waals surface area contributed by atoms with E-state index in [0.29, 0.717) is 5.65 Å². The number of aromatic nitrogens is 2. The van der Waals surface area contributed by atoms with Crippen molar-refractivity contribution in [2.24, 2.45) is 23.7 Å². The molecule has 2 aliphatic rings. The molecule has 298 valence electrons. The number of aromatic hydroxyl groups is 2. The maximum atomic E-state index is 14.4. The number of Topliss-reactive ketones (excluding diaryl/α,β-unsaturated/α-hetero) is 1. The summed E-state index contributed by atoms with van der Waals surface area (Å²) in [7, 11) is 1.46. The summed E-state index contributed by atoms with van der Waals surface area (Å²) in [6, 6.07) is 4.83. The predicted octanol–water partition coefficient (Wildman–Crippen LogP) is 5.85. The Labute approximate surface area is 324 Å². The third-order valence-electron chi connectivity index (χ3n) is 11.1. The molecule has 14 nitrogen and oxygen atoms in total. The molecule has 5 N–H and O–H groups in total. The molecule has 6 rings (SSSR count). The van der Waals surface area contributed by atoms with Crippen LogP contribution in [0.3, 0.4) is 0 Å². The van der Waals surface area contributed by atoms with Crippen LogP contribution in [0.2, 0.25) is 0 Å². The maximum Gasteiger partial charge on any atom is 0.312 e. The van der Waals surface area contributed by atoms with Crippen molar-refractivity contribution in [3.8, 4) is 17.2 Å². The van der Waals surface area contributed by atoms with E-state index in [1.165, 1.54) is 39.4 Å². The van der Waals surface area contributed by atoms with Crippen LogP contribution in [-0.2, 0) is 23.8 Å². The Morgan fingerprint density at radius 2 is 1.71 bits per heavy atom. The van der Waals surface area contributed by atoms with Crippen LogP contribution < -0.4 is 10.1 Å². The number of phenolic OH excluding ortho intramolecular Hbond substituents is 2. The Morgan fingerprint density at radius 3 is 2.39 bits per heavy atom. The highest BCUT2D eigenvalue weighted by Gasteiger charge is 2.49. The third kappa shape index (κ3) is 6.97. The van der Waals surface area contributed by atoms with E-state index in [-0.39, 0.29) is 44.4 Å². The summed E-state index contributed by atoms with van der Waals surface area (Å²) in [4.78, 5) is 45.3. The molecule has 0 saturated heterocycles. The Kier molecular flexibility index (Phi) is 11.0. The number of rotatable bonds is 2. The van der Waals surface area contributed by atoms with Gasteiger partial charge in [-0.05, 0) is 37.6 Å². The van der Waals surface area contributed by atoms with Gasteiger partial charge in [0.1, 0.15) is 40.0 Å². The Bertz CT molecular complexity index is 2330. The number of allylic oxidation sites excluding steroid dienone is 2. The number of aliphatic hydroxyl groups is 2. The summed E-state index contributed by atoms with van der Waals surface area (Å²) in [5.74, 6) is -7.05. The number of carbonyl (C=O) groups is 3. The molecule has 14 heteroatoms. The molecule has 4 aromatic rings. The molecule has 1 unspecified atom stereocenters. The molecule has 2 aromatic heterocycles. The maximum absolute atomic E-state index is 14.4. The summed E-state index contributed by atoms with van der Waals surface area (Å²) in [5.41, 5.74) is 2.01. The lowest BCUT2D eigenvalue weighted by atomic mass is 9.78. The molecule has 1 amide bonds. The first-order valence-corrected chi connectivity index (χ1v) is 18.5. The van der Waals surface area contributed by atoms with Gasteiger partial charge in [-0.2, -0.15) is 0 Å². The second kappa shape index (κ2) is 15.2. The van der Waals surface area contributed by atoms with Crippen molar-refractivity contribution in [1.29, 1.82) is 0 Å². The van der Waals surface area contributed by atoms with Crippen molar-refractivity contribution in [2.45, 2.75) is 85.6 Å². The summed E-state index contributed by atoms with van der Waals surface area (Å²) >= 11 is 0. The van der Waals surface area contributed by atoms with Crippen molar-refractivity contribution < 1.29 is 53.8 Å². The van der Waals surface area contributed by atoms with E-state index in [2.05, 4.69) is 5.32 Å². The number of nitrogens with one attached hydrogen (secondary N) is 1. The quantitative estimate of drug-likeness (QED) is 0.121. The molecule has 2 aromatic carbocycles. The largest absolute Gasteiger partial charge is 0.507 e. The van der Waals surface area contributed by atoms with Gasteiger partial charge in [0, 0.05) is 67.9 Å². The van der Waals surface area contributed by atoms with Gasteiger partial charge in [0.25, 0.3) is 11.7 Å². The molecule has 0 radical (unpaired) electrons. The summed E-state index contributed by atoms with van der Waals surface area (Å²) in [5, 5.41) is 48.9. The van der Waals surface area contributed by atoms with Gasteiger partial charge in [0.05, 0.1) is 35.5 Å². The van der Waals surface area contributed by atoms with E-state index >= 15 is 0 Å². The number of pyridine rings is 1. The van der Waals surface area contributed by atoms with Gasteiger partial charge in [-0.25, -0.2) is 4.98 Å². The van der Waals surface area contributed by atoms with Crippen LogP contribution >= 0.6 is 0 Å². The third-order valence-corrected chi connectivity index (χ3v) is 11.1. The average Bonchev–Trinajstić information content (AvgIpc) is 3.64. The number of ketones is 1. The van der Waals surface area contributed by atoms with Gasteiger partial charge in [0.15, 0.2) is 5.75 Å². The van der Waals surface area contributed by atoms with Crippen LogP contribution in [0.1, 0.15) is 64.4 Å². The van der Waals surface area contributed by atoms with Gasteiger partial charge in [0.2, 0.25) is 0 Å². The first kappa shape index (κ1) is 40.2. The molecule has 2 aliphatic heterocycles. The van der Waals surface area contributed by atoms with Crippen molar-refractivity contribution in [2.75, 3.05) is 12.4 Å². The zero-order valence-corrected chi connectivity index (χ0v) is 32.9. The summed E-state index contributed by atoms with van der Waals surface area (Å²) in [6.07, 6.45) is 5.60. The number of nitrogens with zero attached hydrogens (tertiary/aromatic N) is 2. The number of aryl methyl sites for hydroxylation is 1. The number of phenols is 2. The number of amides is 1. The predicted molar refractivity (Wildman–Crippen MR) is 208 cm³/mol. The minimum Gasteiger partial charge on any atom is -0.507 e. The van der Waals surface area contributed by atoms with Crippen molar-refractivity contribution in [3.05, 3.63) is 71.7 Å². The Balaban J connectivity index is 1.55. The first-order valence-electron chi connectivity index (χ1n) is 18.5. The van der Waals surface area contributed by atoms with E-state index < -0.39 is 83.0 Å². The highest BCUT2D eigenvalue weighted by molar-refractivity contribution is 6.28. The van der Waals surface area contributed by atoms with Gasteiger partial charge in [-0.15, -0.1) is 0 Å². The van der Waals surface area contributed by atoms with Crippen LogP contribution in [0.15, 0.2) is 60.5 Å². The van der Waals surface area contributed by atoms with Gasteiger partial charge < -0.3 is 44.7 Å². The SMILES string of the molecule is CO[C@H]1/C=C/O[C@@]2(C)Oc3cc(O)c4c(O)c(c5c(nc6cc(C)ccn65)c4c3C2=O)NC(=O)/C(C)=C\C=C\[C@H](C)[C@H](O)[C@@H](C)[C@@H](O)C(C)[C@H](OC(C)=O)[C@@H]1C. The fraction of sp³-hybridized carbons (Fsp3) is 0.429. The lowest BCUT2D eigenvalue weighted by molar-refractivity contribution is -0.160. The minimum absolute atomic E-state index is 0.00231. The van der Waals surface area contributed by atoms with E-state index in [4.69, 9.17) is 23.9 Å². The number of hydrogen-bond acceptors (Lipinski definition) is 12. The standard InChI is InChI=1S/C42H49N3O11/c1-19-13-15-45-29(17-19)43-33-32-30-26(47)18-28-31(32)40(51)42(8,56-28)54-16-14-27(53-9)22(4)39(55-25(7)46)24(6)37(49)23(5)36(48)20(2)11-10-12-21(3)41(52)44-34(35(33)45)38(30)50/h10-18,20,22-24,27,36-37,39,47-50H,1-9H3,(H,44,52)/b11-10+,16-14+,21-12-/t20-,22+,23+,24?,27-,36-,37+,39+,42-/m0/s1. The molecular weight excluding hydrogens is 722 g/mol. The highest BCUT2D eigenvalue weighted by atomic mass is 16.7. The van der Waals surface area contributed by atoms with Crippen molar-refractivity contribution in [3.63, 3.8) is 0 Å². The number of carbonyl (C=O) groups excluding carboxylic acids is 3. The fourth-order valence-corrected chi connectivity index (χ4v) is 7.82. The molecule has 0 fully saturated rings. The Hall–Kier alpha value is -5.44. The summed E-state index contributed by atoms with van der Waals surface area (Å²) < 4.78 is 25.3. The molecule has 0 aliphatic carbocycles. The van der Waals surface area contributed by atoms with Gasteiger partial charge in [-0.3, -0.25) is 18.8 Å². The van der Waals surface area contributed by atoms with E-state index in [1.807, 2.05) is 13.0 Å². The molecule has 0 spiro atoms. The number of aliphatic hydroxyl groups excluding tert-OH is 2. The average molecular weight is 772 g/mol. The lowest BCUT2D eigenvalue weighted by Crippen LogP contribution is -2.46. The molecule has 9 atom stereocenters. The van der Waals surface area contributed by atoms with Crippen LogP contribution in [-0.4, -0.2) is 84.8 Å². The van der Waals surface area contributed by atoms with Gasteiger partial charge >= 0.3 is 11.8 Å². The van der Waals surface area contributed by atoms with E-state index in [0.717, 1.165) is 5.56 Å². The van der Waals surface area contributed by atoms with Crippen LogP contribution in [0, 0.1) is 30.6 Å². The number of hydrogen-bond donors (Lipinski definition) is 5. The van der Waals surface area contributed by atoms with Gasteiger partial charge in [-0.1, -0.05) is 45.9 Å². The number of imidazole rings is 1.